The number of benzene rings is 1. The Kier molecular flexibility index (Phi) is 4.24. The molecule has 2 aromatic rings. The largest absolute Gasteiger partial charge is 0.296 e. The Hall–Kier alpha value is -1.82. The van der Waals surface area contributed by atoms with Crippen molar-refractivity contribution >= 4 is 22.4 Å². The highest BCUT2D eigenvalue weighted by Crippen LogP contribution is 2.35. The van der Waals surface area contributed by atoms with E-state index in [1.807, 2.05) is 0 Å². The first-order valence-corrected chi connectivity index (χ1v) is 7.94. The van der Waals surface area contributed by atoms with Gasteiger partial charge in [0.05, 0.1) is 0 Å². The maximum Gasteiger partial charge on any atom is 0.257 e. The quantitative estimate of drug-likeness (QED) is 0.933. The van der Waals surface area contributed by atoms with E-state index >= 15 is 0 Å². The Balaban J connectivity index is 1.66. The summed E-state index contributed by atoms with van der Waals surface area (Å²) in [5.74, 6) is -0.170. The number of nitrogens with one attached hydrogen (secondary N) is 1. The van der Waals surface area contributed by atoms with Crippen LogP contribution in [-0.4, -0.2) is 16.1 Å². The van der Waals surface area contributed by atoms with Gasteiger partial charge in [-0.2, -0.15) is 0 Å². The smallest absolute Gasteiger partial charge is 0.257 e. The van der Waals surface area contributed by atoms with Crippen LogP contribution < -0.4 is 5.32 Å². The zero-order valence-corrected chi connectivity index (χ0v) is 12.3. The van der Waals surface area contributed by atoms with Crippen molar-refractivity contribution < 1.29 is 9.18 Å². The van der Waals surface area contributed by atoms with Crippen LogP contribution in [0.2, 0.25) is 0 Å². The van der Waals surface area contributed by atoms with Crippen LogP contribution in [0.15, 0.2) is 24.3 Å². The first-order valence-electron chi connectivity index (χ1n) is 7.13. The molecule has 1 aliphatic carbocycles. The third-order valence-corrected chi connectivity index (χ3v) is 4.72. The van der Waals surface area contributed by atoms with Crippen molar-refractivity contribution in [2.24, 2.45) is 0 Å². The monoisotopic (exact) mass is 305 g/mol. The molecule has 0 aliphatic heterocycles. The van der Waals surface area contributed by atoms with E-state index in [1.54, 1.807) is 0 Å². The van der Waals surface area contributed by atoms with Crippen LogP contribution in [-0.2, 0) is 0 Å². The molecule has 0 bridgehead atoms. The Bertz CT molecular complexity index is 620. The number of aromatic nitrogens is 2. The van der Waals surface area contributed by atoms with Gasteiger partial charge in [0.15, 0.2) is 0 Å². The molecule has 1 heterocycles. The number of hydrogen-bond acceptors (Lipinski definition) is 4. The lowest BCUT2D eigenvalue weighted by molar-refractivity contribution is 0.102. The van der Waals surface area contributed by atoms with E-state index in [-0.39, 0.29) is 11.7 Å². The molecule has 1 aromatic carbocycles. The zero-order chi connectivity index (χ0) is 14.7. The molecule has 4 nitrogen and oxygen atoms in total. The summed E-state index contributed by atoms with van der Waals surface area (Å²) in [7, 11) is 0. The van der Waals surface area contributed by atoms with Gasteiger partial charge in [-0.3, -0.25) is 10.1 Å². The fourth-order valence-electron chi connectivity index (χ4n) is 2.57. The van der Waals surface area contributed by atoms with Crippen LogP contribution in [0, 0.1) is 5.82 Å². The maximum atomic E-state index is 12.8. The van der Waals surface area contributed by atoms with Gasteiger partial charge >= 0.3 is 0 Å². The first-order chi connectivity index (χ1) is 10.2. The highest BCUT2D eigenvalue weighted by atomic mass is 32.1. The van der Waals surface area contributed by atoms with E-state index in [1.165, 1.54) is 54.9 Å². The fourth-order valence-corrected chi connectivity index (χ4v) is 3.48. The van der Waals surface area contributed by atoms with Crippen molar-refractivity contribution in [3.05, 3.63) is 40.7 Å². The summed E-state index contributed by atoms with van der Waals surface area (Å²) >= 11 is 1.44. The molecule has 0 spiro atoms. The highest BCUT2D eigenvalue weighted by Gasteiger charge is 2.20. The highest BCUT2D eigenvalue weighted by molar-refractivity contribution is 7.15. The van der Waals surface area contributed by atoms with Crippen LogP contribution in [0.3, 0.4) is 0 Å². The van der Waals surface area contributed by atoms with E-state index in [0.29, 0.717) is 16.6 Å². The summed E-state index contributed by atoms with van der Waals surface area (Å²) in [4.78, 5) is 12.0. The Morgan fingerprint density at radius 1 is 1.14 bits per heavy atom. The summed E-state index contributed by atoms with van der Waals surface area (Å²) in [5.41, 5.74) is 0.408. The SMILES string of the molecule is O=C(Nc1nnc(C2CCCCC2)s1)c1ccc(F)cc1. The van der Waals surface area contributed by atoms with E-state index in [0.717, 1.165) is 17.8 Å². The lowest BCUT2D eigenvalue weighted by atomic mass is 9.90. The van der Waals surface area contributed by atoms with E-state index in [9.17, 15) is 9.18 Å². The predicted octanol–water partition coefficient (Wildman–Crippen LogP) is 3.98. The number of nitrogens with zero attached hydrogens (tertiary/aromatic N) is 2. The lowest BCUT2D eigenvalue weighted by Gasteiger charge is -2.18. The minimum atomic E-state index is -0.359. The number of carbonyl (C=O) groups is 1. The molecule has 0 unspecified atom stereocenters. The van der Waals surface area contributed by atoms with Crippen LogP contribution in [0.25, 0.3) is 0 Å². The number of hydrogen-bond donors (Lipinski definition) is 1. The molecule has 1 fully saturated rings. The van der Waals surface area contributed by atoms with Crippen molar-refractivity contribution in [2.45, 2.75) is 38.0 Å². The summed E-state index contributed by atoms with van der Waals surface area (Å²) in [6, 6.07) is 5.44. The molecule has 21 heavy (non-hydrogen) atoms. The summed E-state index contributed by atoms with van der Waals surface area (Å²) in [6.45, 7) is 0. The average Bonchev–Trinajstić information content (AvgIpc) is 2.97. The van der Waals surface area contributed by atoms with Crippen molar-refractivity contribution in [2.75, 3.05) is 5.32 Å². The molecule has 110 valence electrons. The predicted molar refractivity (Wildman–Crippen MR) is 80.1 cm³/mol. The second-order valence-corrected chi connectivity index (χ2v) is 6.25. The topological polar surface area (TPSA) is 54.9 Å². The second-order valence-electron chi connectivity index (χ2n) is 5.24. The molecule has 0 saturated heterocycles. The first kappa shape index (κ1) is 14.1. The lowest BCUT2D eigenvalue weighted by Crippen LogP contribution is -2.11. The van der Waals surface area contributed by atoms with Crippen LogP contribution in [0.4, 0.5) is 9.52 Å². The van der Waals surface area contributed by atoms with E-state index < -0.39 is 0 Å². The number of anilines is 1. The average molecular weight is 305 g/mol. The minimum Gasteiger partial charge on any atom is -0.296 e. The molecule has 0 radical (unpaired) electrons. The van der Waals surface area contributed by atoms with E-state index in [2.05, 4.69) is 15.5 Å². The van der Waals surface area contributed by atoms with Gasteiger partial charge in [-0.15, -0.1) is 10.2 Å². The molecule has 3 rings (SSSR count). The molecule has 6 heteroatoms. The zero-order valence-electron chi connectivity index (χ0n) is 11.5. The van der Waals surface area contributed by atoms with Gasteiger partial charge in [0, 0.05) is 11.5 Å². The van der Waals surface area contributed by atoms with Crippen molar-refractivity contribution in [3.8, 4) is 0 Å². The van der Waals surface area contributed by atoms with Gasteiger partial charge in [0.1, 0.15) is 10.8 Å². The minimum absolute atomic E-state index is 0.290. The van der Waals surface area contributed by atoms with E-state index in [4.69, 9.17) is 0 Å². The summed E-state index contributed by atoms with van der Waals surface area (Å²) in [6.07, 6.45) is 6.08. The van der Waals surface area contributed by atoms with Gasteiger partial charge in [-0.25, -0.2) is 4.39 Å². The molecule has 1 N–H and O–H groups in total. The third kappa shape index (κ3) is 3.44. The van der Waals surface area contributed by atoms with Crippen LogP contribution >= 0.6 is 11.3 Å². The van der Waals surface area contributed by atoms with Crippen molar-refractivity contribution in [1.82, 2.24) is 10.2 Å². The maximum absolute atomic E-state index is 12.8. The number of halogens is 1. The van der Waals surface area contributed by atoms with Crippen LogP contribution in [0.5, 0.6) is 0 Å². The Morgan fingerprint density at radius 3 is 2.57 bits per heavy atom. The van der Waals surface area contributed by atoms with Gasteiger partial charge in [0.25, 0.3) is 5.91 Å². The van der Waals surface area contributed by atoms with Crippen molar-refractivity contribution in [3.63, 3.8) is 0 Å². The van der Waals surface area contributed by atoms with Gasteiger partial charge in [-0.1, -0.05) is 30.6 Å². The molecule has 1 aliphatic rings. The Labute approximate surface area is 126 Å². The number of amides is 1. The normalized spacial score (nSPS) is 15.9. The summed E-state index contributed by atoms with van der Waals surface area (Å²) < 4.78 is 12.8. The number of carbonyl (C=O) groups excluding carboxylic acids is 1. The summed E-state index contributed by atoms with van der Waals surface area (Å²) in [5, 5.41) is 12.5. The van der Waals surface area contributed by atoms with Crippen LogP contribution in [0.1, 0.15) is 53.4 Å². The fraction of sp³-hybridized carbons (Fsp3) is 0.400. The standard InChI is InChI=1S/C15H16FN3OS/c16-12-8-6-10(7-9-12)13(20)17-15-19-18-14(21-15)11-4-2-1-3-5-11/h6-9,11H,1-5H2,(H,17,19,20). The Morgan fingerprint density at radius 2 is 1.86 bits per heavy atom. The molecule has 1 amide bonds. The van der Waals surface area contributed by atoms with Gasteiger partial charge in [0.2, 0.25) is 5.13 Å². The second kappa shape index (κ2) is 6.30. The molecular formula is C15H16FN3OS. The van der Waals surface area contributed by atoms with Crippen molar-refractivity contribution in [1.29, 1.82) is 0 Å². The number of rotatable bonds is 3. The van der Waals surface area contributed by atoms with Gasteiger partial charge in [-0.05, 0) is 37.1 Å². The molecule has 1 saturated carbocycles. The molecular weight excluding hydrogens is 289 g/mol. The molecule has 0 atom stereocenters. The van der Waals surface area contributed by atoms with Gasteiger partial charge < -0.3 is 0 Å². The third-order valence-electron chi connectivity index (χ3n) is 3.72. The molecule has 1 aromatic heterocycles.